The number of carbonyl (C=O) groups is 4. The van der Waals surface area contributed by atoms with Crippen LogP contribution in [0, 0.1) is 5.92 Å². The van der Waals surface area contributed by atoms with Crippen molar-refractivity contribution in [3.05, 3.63) is 0 Å². The van der Waals surface area contributed by atoms with Crippen LogP contribution in [0.1, 0.15) is 375 Å². The molecule has 5 atom stereocenters. The van der Waals surface area contributed by atoms with Crippen molar-refractivity contribution in [2.45, 2.75) is 393 Å². The summed E-state index contributed by atoms with van der Waals surface area (Å²) in [4.78, 5) is 72.5. The monoisotopic (exact) mass is 1340 g/mol. The maximum atomic E-state index is 13.0. The largest absolute Gasteiger partial charge is 0.472 e. The maximum Gasteiger partial charge on any atom is 0.472 e. The van der Waals surface area contributed by atoms with Crippen molar-refractivity contribution in [3.63, 3.8) is 0 Å². The van der Waals surface area contributed by atoms with Gasteiger partial charge in [-0.1, -0.05) is 324 Å². The first-order chi connectivity index (χ1) is 44.0. The number of esters is 4. The van der Waals surface area contributed by atoms with Crippen molar-refractivity contribution < 1.29 is 80.2 Å². The maximum absolute atomic E-state index is 13.0. The highest BCUT2D eigenvalue weighted by atomic mass is 31.2. The molecule has 91 heavy (non-hydrogen) atoms. The number of hydrogen-bond donors (Lipinski definition) is 3. The van der Waals surface area contributed by atoms with E-state index in [0.29, 0.717) is 25.7 Å². The van der Waals surface area contributed by atoms with E-state index in [9.17, 15) is 43.2 Å². The van der Waals surface area contributed by atoms with Gasteiger partial charge in [-0.2, -0.15) is 0 Å². The topological polar surface area (TPSA) is 237 Å². The second-order valence-electron chi connectivity index (χ2n) is 26.5. The van der Waals surface area contributed by atoms with E-state index in [0.717, 1.165) is 102 Å². The van der Waals surface area contributed by atoms with Crippen LogP contribution in [0.15, 0.2) is 0 Å². The van der Waals surface area contributed by atoms with Gasteiger partial charge in [0.15, 0.2) is 12.2 Å². The van der Waals surface area contributed by atoms with Gasteiger partial charge in [-0.3, -0.25) is 37.3 Å². The van der Waals surface area contributed by atoms with Gasteiger partial charge in [0, 0.05) is 25.7 Å². The Morgan fingerprint density at radius 2 is 0.505 bits per heavy atom. The molecule has 0 spiro atoms. The Morgan fingerprint density at radius 3 is 0.747 bits per heavy atom. The van der Waals surface area contributed by atoms with Crippen LogP contribution in [0.4, 0.5) is 0 Å². The van der Waals surface area contributed by atoms with E-state index in [-0.39, 0.29) is 25.7 Å². The predicted octanol–water partition coefficient (Wildman–Crippen LogP) is 20.9. The molecular weight excluding hydrogens is 1200 g/mol. The first-order valence-electron chi connectivity index (χ1n) is 37.6. The summed E-state index contributed by atoms with van der Waals surface area (Å²) in [7, 11) is -9.90. The van der Waals surface area contributed by atoms with Gasteiger partial charge >= 0.3 is 39.5 Å². The highest BCUT2D eigenvalue weighted by molar-refractivity contribution is 7.47. The number of phosphoric ester groups is 2. The molecule has 3 N–H and O–H groups in total. The van der Waals surface area contributed by atoms with Crippen LogP contribution in [-0.2, 0) is 65.4 Å². The second kappa shape index (κ2) is 65.4. The number of ether oxygens (including phenoxy) is 4. The van der Waals surface area contributed by atoms with Gasteiger partial charge in [0.1, 0.15) is 19.3 Å². The standard InChI is InChI=1S/C72H140O17P2/c1-6-9-12-15-18-21-23-25-26-27-28-29-30-32-34-36-42-47-52-57-71(76)88-68(62-83-70(75)56-51-46-41-35-33-31-24-22-19-16-13-10-7-2)64-87-91(80,81)85-60-66(73)59-84-90(78,79)86-63-67(61-82-69(74)55-50-45-40-20-17-14-11-8-3)89-72(77)58-53-48-43-38-37-39-44-49-54-65(4)5/h65-68,73H,6-64H2,1-5H3,(H,78,79)(H,80,81)/t66-,67+,68+/m0/s1. The van der Waals surface area contributed by atoms with E-state index in [2.05, 4.69) is 34.6 Å². The molecule has 0 heterocycles. The van der Waals surface area contributed by atoms with Gasteiger partial charge in [-0.25, -0.2) is 9.13 Å². The first-order valence-corrected chi connectivity index (χ1v) is 40.6. The third-order valence-corrected chi connectivity index (χ3v) is 18.7. The smallest absolute Gasteiger partial charge is 0.462 e. The average molecular weight is 1340 g/mol. The zero-order valence-corrected chi connectivity index (χ0v) is 60.8. The van der Waals surface area contributed by atoms with E-state index in [1.165, 1.54) is 193 Å². The molecule has 0 saturated carbocycles. The molecule has 0 bridgehead atoms. The lowest BCUT2D eigenvalue weighted by atomic mass is 10.0. The third kappa shape index (κ3) is 66.5. The lowest BCUT2D eigenvalue weighted by Crippen LogP contribution is -2.30. The molecule has 0 aromatic carbocycles. The SMILES string of the molecule is CCCCCCCCCCCCCCCCCCCCCC(=O)O[C@H](COC(=O)CCCCCCCCCCCCCCC)COP(=O)(O)OC[C@@H](O)COP(=O)(O)OC[C@@H](COC(=O)CCCCCCCCCC)OC(=O)CCCCCCCCCCC(C)C. The molecule has 0 saturated heterocycles. The quantitative estimate of drug-likeness (QED) is 0.0222. The van der Waals surface area contributed by atoms with Crippen molar-refractivity contribution >= 4 is 39.5 Å². The molecule has 0 aromatic heterocycles. The van der Waals surface area contributed by atoms with E-state index in [4.69, 9.17) is 37.0 Å². The molecule has 0 fully saturated rings. The van der Waals surface area contributed by atoms with Crippen LogP contribution in [-0.4, -0.2) is 96.7 Å². The Kier molecular flexibility index (Phi) is 64.0. The fraction of sp³-hybridized carbons (Fsp3) is 0.944. The Labute approximate surface area is 556 Å². The summed E-state index contributed by atoms with van der Waals surface area (Å²) in [5.41, 5.74) is 0. The summed E-state index contributed by atoms with van der Waals surface area (Å²) in [6, 6.07) is 0. The number of phosphoric acid groups is 2. The highest BCUT2D eigenvalue weighted by Gasteiger charge is 2.30. The molecule has 17 nitrogen and oxygen atoms in total. The first kappa shape index (κ1) is 89.1. The summed E-state index contributed by atoms with van der Waals surface area (Å²) < 4.78 is 68.3. The molecule has 0 aliphatic carbocycles. The van der Waals surface area contributed by atoms with Crippen LogP contribution in [0.5, 0.6) is 0 Å². The van der Waals surface area contributed by atoms with E-state index in [1.54, 1.807) is 0 Å². The minimum absolute atomic E-state index is 0.105. The molecule has 19 heteroatoms. The lowest BCUT2D eigenvalue weighted by molar-refractivity contribution is -0.161. The van der Waals surface area contributed by atoms with Crippen LogP contribution in [0.25, 0.3) is 0 Å². The molecule has 0 aliphatic rings. The molecule has 0 aliphatic heterocycles. The fourth-order valence-electron chi connectivity index (χ4n) is 11.0. The lowest BCUT2D eigenvalue weighted by Gasteiger charge is -2.21. The second-order valence-corrected chi connectivity index (χ2v) is 29.4. The number of hydrogen-bond acceptors (Lipinski definition) is 15. The zero-order chi connectivity index (χ0) is 67.0. The number of unbranched alkanes of at least 4 members (excludes halogenated alkanes) is 44. The van der Waals surface area contributed by atoms with Crippen molar-refractivity contribution in [2.75, 3.05) is 39.6 Å². The summed E-state index contributed by atoms with van der Waals surface area (Å²) in [6.07, 6.45) is 52.8. The van der Waals surface area contributed by atoms with E-state index in [1.807, 2.05) is 0 Å². The van der Waals surface area contributed by atoms with Crippen molar-refractivity contribution in [2.24, 2.45) is 5.92 Å². The third-order valence-electron chi connectivity index (χ3n) is 16.8. The van der Waals surface area contributed by atoms with Gasteiger partial charge in [0.2, 0.25) is 0 Å². The Morgan fingerprint density at radius 1 is 0.297 bits per heavy atom. The van der Waals surface area contributed by atoms with Gasteiger partial charge < -0.3 is 33.8 Å². The highest BCUT2D eigenvalue weighted by Crippen LogP contribution is 2.45. The molecule has 2 unspecified atom stereocenters. The molecule has 0 amide bonds. The minimum Gasteiger partial charge on any atom is -0.462 e. The van der Waals surface area contributed by atoms with Gasteiger partial charge in [-0.15, -0.1) is 0 Å². The van der Waals surface area contributed by atoms with Gasteiger partial charge in [0.05, 0.1) is 26.4 Å². The molecular formula is C72H140O17P2. The number of carbonyl (C=O) groups excluding carboxylic acids is 4. The summed E-state index contributed by atoms with van der Waals surface area (Å²) in [5.74, 6) is -1.40. The van der Waals surface area contributed by atoms with Crippen LogP contribution >= 0.6 is 15.6 Å². The van der Waals surface area contributed by atoms with E-state index < -0.39 is 97.5 Å². The number of aliphatic hydroxyl groups is 1. The van der Waals surface area contributed by atoms with Crippen LogP contribution < -0.4 is 0 Å². The predicted molar refractivity (Wildman–Crippen MR) is 368 cm³/mol. The van der Waals surface area contributed by atoms with Crippen molar-refractivity contribution in [3.8, 4) is 0 Å². The number of aliphatic hydroxyl groups excluding tert-OH is 1. The van der Waals surface area contributed by atoms with Crippen LogP contribution in [0.3, 0.4) is 0 Å². The molecule has 540 valence electrons. The fourth-order valence-corrected chi connectivity index (χ4v) is 12.6. The summed E-state index contributed by atoms with van der Waals surface area (Å²) >= 11 is 0. The van der Waals surface area contributed by atoms with E-state index >= 15 is 0 Å². The van der Waals surface area contributed by atoms with Crippen LogP contribution in [0.2, 0.25) is 0 Å². The number of rotatable bonds is 72. The Balaban J connectivity index is 5.19. The van der Waals surface area contributed by atoms with Crippen molar-refractivity contribution in [1.82, 2.24) is 0 Å². The molecule has 0 radical (unpaired) electrons. The Bertz CT molecular complexity index is 1750. The average Bonchev–Trinajstić information content (AvgIpc) is 3.68. The van der Waals surface area contributed by atoms with Gasteiger partial charge in [0.25, 0.3) is 0 Å². The zero-order valence-electron chi connectivity index (χ0n) is 59.0. The Hall–Kier alpha value is -1.94. The van der Waals surface area contributed by atoms with Crippen molar-refractivity contribution in [1.29, 1.82) is 0 Å². The van der Waals surface area contributed by atoms with Gasteiger partial charge in [-0.05, 0) is 31.6 Å². The molecule has 0 aromatic rings. The normalized spacial score (nSPS) is 14.0. The molecule has 0 rings (SSSR count). The summed E-state index contributed by atoms with van der Waals surface area (Å²) in [6.45, 7) is 7.19. The summed E-state index contributed by atoms with van der Waals surface area (Å²) in [5, 5.41) is 10.6. The minimum atomic E-state index is -4.95.